The van der Waals surface area contributed by atoms with Crippen molar-refractivity contribution >= 4 is 17.4 Å². The summed E-state index contributed by atoms with van der Waals surface area (Å²) in [6, 6.07) is 3.88. The monoisotopic (exact) mass is 196 g/mol. The maximum absolute atomic E-state index is 5.77. The van der Waals surface area contributed by atoms with Crippen LogP contribution < -0.4 is 4.90 Å². The molecule has 0 saturated carbocycles. The van der Waals surface area contributed by atoms with Crippen molar-refractivity contribution in [3.63, 3.8) is 0 Å². The minimum absolute atomic E-state index is 0.705. The Morgan fingerprint density at radius 1 is 1.54 bits per heavy atom. The first-order chi connectivity index (χ1) is 6.25. The fraction of sp³-hybridized carbons (Fsp3) is 0.500. The third-order valence-electron chi connectivity index (χ3n) is 2.46. The highest BCUT2D eigenvalue weighted by Crippen LogP contribution is 2.22. The van der Waals surface area contributed by atoms with Crippen molar-refractivity contribution in [2.24, 2.45) is 5.92 Å². The van der Waals surface area contributed by atoms with Gasteiger partial charge in [0, 0.05) is 19.3 Å². The number of rotatable bonds is 1. The Labute approximate surface area is 83.5 Å². The lowest BCUT2D eigenvalue weighted by molar-refractivity contribution is 0.659. The smallest absolute Gasteiger partial charge is 0.128 e. The van der Waals surface area contributed by atoms with Gasteiger partial charge in [0.1, 0.15) is 5.82 Å². The van der Waals surface area contributed by atoms with Crippen molar-refractivity contribution < 1.29 is 0 Å². The van der Waals surface area contributed by atoms with Crippen LogP contribution >= 0.6 is 11.6 Å². The van der Waals surface area contributed by atoms with Gasteiger partial charge in [-0.15, -0.1) is 0 Å². The minimum Gasteiger partial charge on any atom is -0.356 e. The Kier molecular flexibility index (Phi) is 2.40. The number of halogens is 1. The number of hydrogen-bond donors (Lipinski definition) is 0. The molecule has 0 bridgehead atoms. The van der Waals surface area contributed by atoms with E-state index in [-0.39, 0.29) is 0 Å². The first-order valence-electron chi connectivity index (χ1n) is 4.62. The fourth-order valence-electron chi connectivity index (χ4n) is 1.70. The lowest BCUT2D eigenvalue weighted by Gasteiger charge is -2.16. The van der Waals surface area contributed by atoms with Gasteiger partial charge in [-0.1, -0.05) is 18.5 Å². The second kappa shape index (κ2) is 3.54. The molecule has 1 aromatic rings. The molecule has 2 heterocycles. The lowest BCUT2D eigenvalue weighted by atomic mass is 10.2. The Morgan fingerprint density at radius 3 is 2.92 bits per heavy atom. The number of nitrogens with zero attached hydrogens (tertiary/aromatic N) is 2. The van der Waals surface area contributed by atoms with Crippen molar-refractivity contribution in [1.29, 1.82) is 0 Å². The number of aromatic nitrogens is 1. The van der Waals surface area contributed by atoms with Crippen molar-refractivity contribution in [2.75, 3.05) is 18.0 Å². The van der Waals surface area contributed by atoms with E-state index in [0.717, 1.165) is 24.8 Å². The molecule has 1 fully saturated rings. The van der Waals surface area contributed by atoms with Crippen LogP contribution in [0, 0.1) is 5.92 Å². The average Bonchev–Trinajstić information content (AvgIpc) is 2.53. The summed E-state index contributed by atoms with van der Waals surface area (Å²) in [5.74, 6) is 1.84. The second-order valence-electron chi connectivity index (χ2n) is 3.67. The van der Waals surface area contributed by atoms with Crippen LogP contribution in [0.2, 0.25) is 5.02 Å². The molecule has 1 aliphatic rings. The average molecular weight is 197 g/mol. The molecule has 70 valence electrons. The van der Waals surface area contributed by atoms with Gasteiger partial charge in [-0.05, 0) is 24.5 Å². The largest absolute Gasteiger partial charge is 0.356 e. The van der Waals surface area contributed by atoms with Gasteiger partial charge >= 0.3 is 0 Å². The first-order valence-corrected chi connectivity index (χ1v) is 5.00. The predicted molar refractivity (Wildman–Crippen MR) is 55.2 cm³/mol. The van der Waals surface area contributed by atoms with E-state index < -0.39 is 0 Å². The number of hydrogen-bond acceptors (Lipinski definition) is 2. The molecular formula is C10H13ClN2. The quantitative estimate of drug-likeness (QED) is 0.687. The third kappa shape index (κ3) is 1.94. The zero-order valence-corrected chi connectivity index (χ0v) is 8.46. The first kappa shape index (κ1) is 8.82. The van der Waals surface area contributed by atoms with Crippen molar-refractivity contribution in [1.82, 2.24) is 4.98 Å². The Bertz CT molecular complexity index is 283. The molecule has 1 aromatic heterocycles. The number of anilines is 1. The number of pyridine rings is 1. The maximum Gasteiger partial charge on any atom is 0.128 e. The van der Waals surface area contributed by atoms with Crippen LogP contribution in [0.3, 0.4) is 0 Å². The van der Waals surface area contributed by atoms with Crippen LogP contribution in [0.25, 0.3) is 0 Å². The summed E-state index contributed by atoms with van der Waals surface area (Å²) in [6.45, 7) is 4.51. The Morgan fingerprint density at radius 2 is 2.38 bits per heavy atom. The molecule has 1 aliphatic heterocycles. The summed E-state index contributed by atoms with van der Waals surface area (Å²) in [7, 11) is 0. The van der Waals surface area contributed by atoms with E-state index >= 15 is 0 Å². The molecule has 0 radical (unpaired) electrons. The molecule has 0 amide bonds. The molecule has 2 nitrogen and oxygen atoms in total. The highest BCUT2D eigenvalue weighted by atomic mass is 35.5. The zero-order chi connectivity index (χ0) is 9.26. The normalized spacial score (nSPS) is 22.3. The topological polar surface area (TPSA) is 16.1 Å². The highest BCUT2D eigenvalue weighted by Gasteiger charge is 2.19. The van der Waals surface area contributed by atoms with Gasteiger partial charge in [-0.25, -0.2) is 4.98 Å². The summed E-state index contributed by atoms with van der Waals surface area (Å²) in [5, 5.41) is 0.705. The van der Waals surface area contributed by atoms with E-state index in [0.29, 0.717) is 5.02 Å². The second-order valence-corrected chi connectivity index (χ2v) is 4.11. The van der Waals surface area contributed by atoms with Crippen molar-refractivity contribution in [3.8, 4) is 0 Å². The van der Waals surface area contributed by atoms with Crippen LogP contribution in [-0.2, 0) is 0 Å². The summed E-state index contributed by atoms with van der Waals surface area (Å²) < 4.78 is 0. The Balaban J connectivity index is 2.13. The van der Waals surface area contributed by atoms with Crippen LogP contribution in [0.5, 0.6) is 0 Å². The molecular weight excluding hydrogens is 184 g/mol. The van der Waals surface area contributed by atoms with Crippen LogP contribution in [0.1, 0.15) is 13.3 Å². The molecule has 2 rings (SSSR count). The molecule has 13 heavy (non-hydrogen) atoms. The molecule has 0 N–H and O–H groups in total. The minimum atomic E-state index is 0.705. The van der Waals surface area contributed by atoms with Gasteiger partial charge in [0.25, 0.3) is 0 Å². The Hall–Kier alpha value is -0.760. The van der Waals surface area contributed by atoms with Crippen molar-refractivity contribution in [3.05, 3.63) is 23.4 Å². The fourth-order valence-corrected chi connectivity index (χ4v) is 1.81. The summed E-state index contributed by atoms with van der Waals surface area (Å²) in [6.07, 6.45) is 2.98. The van der Waals surface area contributed by atoms with Crippen molar-refractivity contribution in [2.45, 2.75) is 13.3 Å². The van der Waals surface area contributed by atoms with Gasteiger partial charge in [0.05, 0.1) is 5.02 Å². The molecule has 0 spiro atoms. The van der Waals surface area contributed by atoms with E-state index in [4.69, 9.17) is 11.6 Å². The van der Waals surface area contributed by atoms with E-state index in [1.807, 2.05) is 12.1 Å². The molecule has 0 aromatic carbocycles. The predicted octanol–water partition coefficient (Wildman–Crippen LogP) is 2.58. The van der Waals surface area contributed by atoms with Crippen LogP contribution in [-0.4, -0.2) is 18.1 Å². The van der Waals surface area contributed by atoms with Gasteiger partial charge in [-0.3, -0.25) is 0 Å². The summed E-state index contributed by atoms with van der Waals surface area (Å²) >= 11 is 5.77. The lowest BCUT2D eigenvalue weighted by Crippen LogP contribution is -2.19. The molecule has 1 saturated heterocycles. The van der Waals surface area contributed by atoms with Crippen LogP contribution in [0.15, 0.2) is 18.3 Å². The third-order valence-corrected chi connectivity index (χ3v) is 2.68. The molecule has 3 heteroatoms. The zero-order valence-electron chi connectivity index (χ0n) is 7.70. The van der Waals surface area contributed by atoms with Gasteiger partial charge in [-0.2, -0.15) is 0 Å². The van der Waals surface area contributed by atoms with Gasteiger partial charge in [0.15, 0.2) is 0 Å². The molecule has 1 atom stereocenters. The summed E-state index contributed by atoms with van der Waals surface area (Å²) in [4.78, 5) is 6.60. The van der Waals surface area contributed by atoms with E-state index in [1.54, 1.807) is 6.20 Å². The van der Waals surface area contributed by atoms with Gasteiger partial charge < -0.3 is 4.90 Å². The van der Waals surface area contributed by atoms with Gasteiger partial charge in [0.2, 0.25) is 0 Å². The van der Waals surface area contributed by atoms with E-state index in [1.165, 1.54) is 6.42 Å². The highest BCUT2D eigenvalue weighted by molar-refractivity contribution is 6.30. The maximum atomic E-state index is 5.77. The SMILES string of the molecule is C[C@@H]1CCN(c2ccc(Cl)cn2)C1. The standard InChI is InChI=1S/C10H13ClN2/c1-8-4-5-13(7-8)10-3-2-9(11)6-12-10/h2-3,6,8H,4-5,7H2,1H3/t8-/m1/s1. The van der Waals surface area contributed by atoms with Crippen LogP contribution in [0.4, 0.5) is 5.82 Å². The molecule has 0 unspecified atom stereocenters. The summed E-state index contributed by atoms with van der Waals surface area (Å²) in [5.41, 5.74) is 0. The van der Waals surface area contributed by atoms with E-state index in [9.17, 15) is 0 Å². The van der Waals surface area contributed by atoms with E-state index in [2.05, 4.69) is 16.8 Å². The molecule has 0 aliphatic carbocycles.